The second-order valence-electron chi connectivity index (χ2n) is 5.69. The monoisotopic (exact) mass is 400 g/mol. The number of aryl methyl sites for hydroxylation is 1. The molecule has 0 aliphatic heterocycles. The second kappa shape index (κ2) is 8.15. The Morgan fingerprint density at radius 3 is 2.48 bits per heavy atom. The van der Waals surface area contributed by atoms with E-state index in [0.29, 0.717) is 16.1 Å². The maximum Gasteiger partial charge on any atom is 0.246 e. The highest BCUT2D eigenvalue weighted by atomic mass is 32.2. The van der Waals surface area contributed by atoms with E-state index >= 15 is 0 Å². The highest BCUT2D eigenvalue weighted by Crippen LogP contribution is 2.28. The summed E-state index contributed by atoms with van der Waals surface area (Å²) in [5.41, 5.74) is 1.45. The molecule has 0 aliphatic carbocycles. The van der Waals surface area contributed by atoms with Gasteiger partial charge in [-0.05, 0) is 19.1 Å². The molecule has 0 saturated heterocycles. The lowest BCUT2D eigenvalue weighted by Gasteiger charge is -2.21. The number of hydrogen-bond acceptors (Lipinski definition) is 7. The third-order valence-corrected chi connectivity index (χ3v) is 6.07. The van der Waals surface area contributed by atoms with Gasteiger partial charge in [-0.25, -0.2) is 8.42 Å². The predicted molar refractivity (Wildman–Crippen MR) is 103 cm³/mol. The van der Waals surface area contributed by atoms with Gasteiger partial charge in [-0.1, -0.05) is 54.6 Å². The van der Waals surface area contributed by atoms with Gasteiger partial charge in [0.2, 0.25) is 21.1 Å². The number of benzene rings is 1. The SMILES string of the molecule is Cc1ccc(N(CC(=O)Nc2nnc(SC(C)C)s2)S(C)(=O)=O)cc1. The number of rotatable bonds is 7. The van der Waals surface area contributed by atoms with E-state index in [1.165, 1.54) is 11.3 Å². The summed E-state index contributed by atoms with van der Waals surface area (Å²) in [5.74, 6) is -0.469. The molecule has 1 amide bonds. The molecular formula is C15H20N4O3S3. The Morgan fingerprint density at radius 1 is 1.28 bits per heavy atom. The van der Waals surface area contributed by atoms with Gasteiger partial charge in [0.25, 0.3) is 0 Å². The summed E-state index contributed by atoms with van der Waals surface area (Å²) < 4.78 is 25.9. The zero-order chi connectivity index (χ0) is 18.6. The molecule has 2 aromatic rings. The van der Waals surface area contributed by atoms with Crippen molar-refractivity contribution in [2.75, 3.05) is 22.4 Å². The van der Waals surface area contributed by atoms with Crippen LogP contribution in [0.5, 0.6) is 0 Å². The van der Waals surface area contributed by atoms with E-state index in [2.05, 4.69) is 15.5 Å². The van der Waals surface area contributed by atoms with Crippen molar-refractivity contribution in [2.24, 2.45) is 0 Å². The van der Waals surface area contributed by atoms with E-state index in [4.69, 9.17) is 0 Å². The third kappa shape index (κ3) is 5.98. The summed E-state index contributed by atoms with van der Waals surface area (Å²) in [6, 6.07) is 6.94. The molecular weight excluding hydrogens is 380 g/mol. The van der Waals surface area contributed by atoms with Gasteiger partial charge >= 0.3 is 0 Å². The van der Waals surface area contributed by atoms with Crippen molar-refractivity contribution in [3.63, 3.8) is 0 Å². The number of anilines is 2. The third-order valence-electron chi connectivity index (χ3n) is 3.00. The minimum Gasteiger partial charge on any atom is -0.299 e. The van der Waals surface area contributed by atoms with Gasteiger partial charge < -0.3 is 0 Å². The van der Waals surface area contributed by atoms with E-state index in [0.717, 1.165) is 20.5 Å². The van der Waals surface area contributed by atoms with Crippen LogP contribution < -0.4 is 9.62 Å². The molecule has 25 heavy (non-hydrogen) atoms. The highest BCUT2D eigenvalue weighted by Gasteiger charge is 2.21. The molecule has 0 fully saturated rings. The molecule has 1 N–H and O–H groups in total. The van der Waals surface area contributed by atoms with Crippen molar-refractivity contribution in [1.29, 1.82) is 0 Å². The molecule has 0 saturated carbocycles. The van der Waals surface area contributed by atoms with Crippen LogP contribution in [0.15, 0.2) is 28.6 Å². The summed E-state index contributed by atoms with van der Waals surface area (Å²) in [4.78, 5) is 12.3. The Balaban J connectivity index is 2.09. The Hall–Kier alpha value is -1.65. The molecule has 1 aromatic heterocycles. The largest absolute Gasteiger partial charge is 0.299 e. The summed E-state index contributed by atoms with van der Waals surface area (Å²) in [6.45, 7) is 5.66. The van der Waals surface area contributed by atoms with Crippen LogP contribution in [0.2, 0.25) is 0 Å². The van der Waals surface area contributed by atoms with E-state index in [-0.39, 0.29) is 6.54 Å². The summed E-state index contributed by atoms with van der Waals surface area (Å²) in [6.07, 6.45) is 1.07. The Kier molecular flexibility index (Phi) is 6.42. The van der Waals surface area contributed by atoms with Crippen molar-refractivity contribution < 1.29 is 13.2 Å². The second-order valence-corrected chi connectivity index (χ2v) is 10.4. The Labute approximate surface area is 155 Å². The molecule has 0 radical (unpaired) electrons. The number of nitrogens with one attached hydrogen (secondary N) is 1. The maximum atomic E-state index is 12.3. The fourth-order valence-corrected chi connectivity index (χ4v) is 4.76. The predicted octanol–water partition coefficient (Wildman–Crippen LogP) is 2.75. The molecule has 0 atom stereocenters. The smallest absolute Gasteiger partial charge is 0.246 e. The van der Waals surface area contributed by atoms with E-state index in [1.807, 2.05) is 20.8 Å². The van der Waals surface area contributed by atoms with Crippen molar-refractivity contribution in [1.82, 2.24) is 10.2 Å². The lowest BCUT2D eigenvalue weighted by atomic mass is 10.2. The van der Waals surface area contributed by atoms with Gasteiger partial charge in [-0.3, -0.25) is 14.4 Å². The van der Waals surface area contributed by atoms with Crippen LogP contribution in [0.4, 0.5) is 10.8 Å². The van der Waals surface area contributed by atoms with Gasteiger partial charge in [0.05, 0.1) is 11.9 Å². The van der Waals surface area contributed by atoms with E-state index in [1.54, 1.807) is 36.0 Å². The van der Waals surface area contributed by atoms with Gasteiger partial charge in [0.1, 0.15) is 6.54 Å². The zero-order valence-corrected chi connectivity index (χ0v) is 16.8. The van der Waals surface area contributed by atoms with Crippen LogP contribution in [0.3, 0.4) is 0 Å². The summed E-state index contributed by atoms with van der Waals surface area (Å²) in [5, 5.41) is 11.2. The fourth-order valence-electron chi connectivity index (χ4n) is 1.91. The Bertz CT molecular complexity index is 832. The lowest BCUT2D eigenvalue weighted by Crippen LogP contribution is -2.37. The summed E-state index contributed by atoms with van der Waals surface area (Å²) >= 11 is 2.81. The van der Waals surface area contributed by atoms with Crippen LogP contribution in [0.25, 0.3) is 0 Å². The lowest BCUT2D eigenvalue weighted by molar-refractivity contribution is -0.114. The fraction of sp³-hybridized carbons (Fsp3) is 0.400. The number of hydrogen-bond donors (Lipinski definition) is 1. The average molecular weight is 401 g/mol. The topological polar surface area (TPSA) is 92.3 Å². The van der Waals surface area contributed by atoms with Gasteiger partial charge in [0, 0.05) is 5.25 Å². The normalized spacial score (nSPS) is 11.6. The molecule has 0 spiro atoms. The van der Waals surface area contributed by atoms with Crippen molar-refractivity contribution in [2.45, 2.75) is 30.4 Å². The number of nitrogens with zero attached hydrogens (tertiary/aromatic N) is 3. The molecule has 1 heterocycles. The minimum absolute atomic E-state index is 0.325. The molecule has 1 aromatic carbocycles. The van der Waals surface area contributed by atoms with Crippen LogP contribution in [-0.4, -0.2) is 42.6 Å². The molecule has 2 rings (SSSR count). The molecule has 7 nitrogen and oxygen atoms in total. The standard InChI is InChI=1S/C15H20N4O3S3/c1-10(2)23-15-18-17-14(24-15)16-13(20)9-19(25(4,21)22)12-7-5-11(3)6-8-12/h5-8,10H,9H2,1-4H3,(H,16,17,20). The van der Waals surface area contributed by atoms with Crippen LogP contribution >= 0.6 is 23.1 Å². The first-order chi connectivity index (χ1) is 11.6. The molecule has 136 valence electrons. The summed E-state index contributed by atoms with van der Waals surface area (Å²) in [7, 11) is -3.59. The quantitative estimate of drug-likeness (QED) is 0.567. The molecule has 0 bridgehead atoms. The number of carbonyl (C=O) groups excluding carboxylic acids is 1. The van der Waals surface area contributed by atoms with Crippen molar-refractivity contribution in [3.05, 3.63) is 29.8 Å². The van der Waals surface area contributed by atoms with Crippen LogP contribution in [0.1, 0.15) is 19.4 Å². The van der Waals surface area contributed by atoms with Crippen molar-refractivity contribution in [3.8, 4) is 0 Å². The van der Waals surface area contributed by atoms with Crippen LogP contribution in [-0.2, 0) is 14.8 Å². The van der Waals surface area contributed by atoms with Crippen LogP contribution in [0, 0.1) is 6.92 Å². The van der Waals surface area contributed by atoms with Gasteiger partial charge in [0.15, 0.2) is 4.34 Å². The number of thioether (sulfide) groups is 1. The number of carbonyl (C=O) groups is 1. The zero-order valence-electron chi connectivity index (χ0n) is 14.4. The van der Waals surface area contributed by atoms with Gasteiger partial charge in [-0.15, -0.1) is 10.2 Å². The van der Waals surface area contributed by atoms with Crippen molar-refractivity contribution >= 4 is 49.8 Å². The molecule has 0 unspecified atom stereocenters. The first kappa shape index (κ1) is 19.7. The van der Waals surface area contributed by atoms with E-state index in [9.17, 15) is 13.2 Å². The average Bonchev–Trinajstić information content (AvgIpc) is 2.91. The highest BCUT2D eigenvalue weighted by molar-refractivity contribution is 8.01. The minimum atomic E-state index is -3.59. The first-order valence-electron chi connectivity index (χ1n) is 7.49. The maximum absolute atomic E-state index is 12.3. The number of sulfonamides is 1. The molecule has 0 aliphatic rings. The van der Waals surface area contributed by atoms with E-state index < -0.39 is 15.9 Å². The number of aromatic nitrogens is 2. The number of amides is 1. The Morgan fingerprint density at radius 2 is 1.92 bits per heavy atom. The van der Waals surface area contributed by atoms with Gasteiger partial charge in [-0.2, -0.15) is 0 Å². The first-order valence-corrected chi connectivity index (χ1v) is 11.0. The molecule has 10 heteroatoms.